The Morgan fingerprint density at radius 2 is 1.78 bits per heavy atom. The van der Waals surface area contributed by atoms with Crippen LogP contribution in [0.1, 0.15) is 19.4 Å². The van der Waals surface area contributed by atoms with Gasteiger partial charge in [0.05, 0.1) is 18.1 Å². The first kappa shape index (κ1) is 23.3. The zero-order chi connectivity index (χ0) is 23.0. The fourth-order valence-corrected chi connectivity index (χ4v) is 4.48. The van der Waals surface area contributed by atoms with Gasteiger partial charge >= 0.3 is 0 Å². The van der Waals surface area contributed by atoms with Gasteiger partial charge in [-0.2, -0.15) is 0 Å². The first-order chi connectivity index (χ1) is 15.4. The van der Waals surface area contributed by atoms with Gasteiger partial charge in [0.2, 0.25) is 5.91 Å². The zero-order valence-electron chi connectivity index (χ0n) is 17.6. The molecular weight excluding hydrogens is 450 g/mol. The summed E-state index contributed by atoms with van der Waals surface area (Å²) in [5, 5.41) is 4.66. The maximum Gasteiger partial charge on any atom is 0.263 e. The van der Waals surface area contributed by atoms with Crippen LogP contribution in [0, 0.1) is 0 Å². The van der Waals surface area contributed by atoms with E-state index >= 15 is 0 Å². The molecule has 1 amide bonds. The van der Waals surface area contributed by atoms with Crippen LogP contribution in [0.5, 0.6) is 11.5 Å². The Labute approximate surface area is 191 Å². The van der Waals surface area contributed by atoms with Crippen molar-refractivity contribution in [3.8, 4) is 11.5 Å². The molecule has 1 heterocycles. The fraction of sp³-hybridized carbons (Fsp3) is 0.182. The maximum absolute atomic E-state index is 12.4. The van der Waals surface area contributed by atoms with Gasteiger partial charge in [0, 0.05) is 23.3 Å². The summed E-state index contributed by atoms with van der Waals surface area (Å²) >= 11 is 1.19. The van der Waals surface area contributed by atoms with Crippen LogP contribution in [0.25, 0.3) is 6.08 Å². The van der Waals surface area contributed by atoms with Crippen molar-refractivity contribution >= 4 is 44.2 Å². The van der Waals surface area contributed by atoms with Crippen LogP contribution >= 0.6 is 11.3 Å². The Kier molecular flexibility index (Phi) is 7.85. The molecule has 168 valence electrons. The number of amides is 1. The Morgan fingerprint density at radius 3 is 2.44 bits per heavy atom. The number of rotatable bonds is 10. The number of ether oxygens (including phenoxy) is 2. The van der Waals surface area contributed by atoms with E-state index in [1.54, 1.807) is 23.6 Å². The molecule has 0 fully saturated rings. The van der Waals surface area contributed by atoms with Gasteiger partial charge in [0.1, 0.15) is 0 Å². The van der Waals surface area contributed by atoms with Crippen LogP contribution in [0.3, 0.4) is 0 Å². The molecule has 0 unspecified atom stereocenters. The summed E-state index contributed by atoms with van der Waals surface area (Å²) in [6.45, 7) is 4.81. The van der Waals surface area contributed by atoms with Gasteiger partial charge in [0.25, 0.3) is 10.0 Å². The van der Waals surface area contributed by atoms with E-state index in [4.69, 9.17) is 9.47 Å². The average Bonchev–Trinajstić information content (AvgIpc) is 3.27. The highest BCUT2D eigenvalue weighted by Crippen LogP contribution is 2.29. The van der Waals surface area contributed by atoms with Crippen molar-refractivity contribution in [2.24, 2.45) is 0 Å². The molecule has 0 radical (unpaired) electrons. The zero-order valence-corrected chi connectivity index (χ0v) is 19.2. The van der Waals surface area contributed by atoms with Gasteiger partial charge in [-0.05, 0) is 61.9 Å². The number of carbonyl (C=O) groups excluding carboxylic acids is 1. The summed E-state index contributed by atoms with van der Waals surface area (Å²) in [5.74, 6) is 0.906. The number of sulfonamides is 1. The second kappa shape index (κ2) is 10.8. The normalized spacial score (nSPS) is 11.3. The van der Waals surface area contributed by atoms with E-state index in [1.807, 2.05) is 19.9 Å². The average molecular weight is 474 g/mol. The summed E-state index contributed by atoms with van der Waals surface area (Å²) in [7, 11) is -3.74. The number of aromatic nitrogens is 1. The molecule has 0 saturated heterocycles. The molecule has 0 spiro atoms. The highest BCUT2D eigenvalue weighted by molar-refractivity contribution is 7.93. The minimum Gasteiger partial charge on any atom is -0.490 e. The Morgan fingerprint density at radius 1 is 1.06 bits per heavy atom. The highest BCUT2D eigenvalue weighted by atomic mass is 32.2. The molecule has 8 nitrogen and oxygen atoms in total. The van der Waals surface area contributed by atoms with Crippen LogP contribution < -0.4 is 19.5 Å². The largest absolute Gasteiger partial charge is 0.490 e. The van der Waals surface area contributed by atoms with Crippen LogP contribution in [0.15, 0.2) is 65.0 Å². The molecule has 3 aromatic rings. The van der Waals surface area contributed by atoms with Gasteiger partial charge in [0.15, 0.2) is 16.6 Å². The molecule has 0 aliphatic rings. The van der Waals surface area contributed by atoms with Crippen LogP contribution in [0.4, 0.5) is 10.8 Å². The lowest BCUT2D eigenvalue weighted by molar-refractivity contribution is -0.111. The van der Waals surface area contributed by atoms with Gasteiger partial charge in [-0.25, -0.2) is 13.4 Å². The van der Waals surface area contributed by atoms with Crippen LogP contribution in [0.2, 0.25) is 0 Å². The summed E-state index contributed by atoms with van der Waals surface area (Å²) < 4.78 is 38.3. The third-order valence-electron chi connectivity index (χ3n) is 4.08. The molecule has 32 heavy (non-hydrogen) atoms. The van der Waals surface area contributed by atoms with Gasteiger partial charge < -0.3 is 14.8 Å². The number of benzene rings is 2. The highest BCUT2D eigenvalue weighted by Gasteiger charge is 2.15. The lowest BCUT2D eigenvalue weighted by atomic mass is 10.2. The monoisotopic (exact) mass is 473 g/mol. The van der Waals surface area contributed by atoms with Crippen molar-refractivity contribution in [2.75, 3.05) is 23.3 Å². The summed E-state index contributed by atoms with van der Waals surface area (Å²) in [6.07, 6.45) is 4.56. The first-order valence-electron chi connectivity index (χ1n) is 9.82. The molecule has 10 heteroatoms. The number of thiazole rings is 1. The molecule has 0 saturated carbocycles. The quantitative estimate of drug-likeness (QED) is 0.423. The SMILES string of the molecule is CCOc1ccc(/C=C/C(=O)Nc2ccc(S(=O)(=O)Nc3nccs3)cc2)cc1OCC. The van der Waals surface area contributed by atoms with Gasteiger partial charge in [-0.15, -0.1) is 11.3 Å². The van der Waals surface area contributed by atoms with Crippen molar-refractivity contribution in [3.63, 3.8) is 0 Å². The van der Waals surface area contributed by atoms with Crippen LogP contribution in [-0.2, 0) is 14.8 Å². The summed E-state index contributed by atoms with van der Waals surface area (Å²) in [6, 6.07) is 11.3. The van der Waals surface area contributed by atoms with E-state index in [1.165, 1.54) is 47.9 Å². The molecule has 3 rings (SSSR count). The molecule has 1 aromatic heterocycles. The predicted molar refractivity (Wildman–Crippen MR) is 126 cm³/mol. The lowest BCUT2D eigenvalue weighted by Gasteiger charge is -2.11. The smallest absolute Gasteiger partial charge is 0.263 e. The summed E-state index contributed by atoms with van der Waals surface area (Å²) in [5.41, 5.74) is 1.25. The number of nitrogens with zero attached hydrogens (tertiary/aromatic N) is 1. The van der Waals surface area contributed by atoms with Gasteiger partial charge in [-0.1, -0.05) is 6.07 Å². The van der Waals surface area contributed by atoms with E-state index in [0.717, 1.165) is 5.56 Å². The minimum atomic E-state index is -3.74. The molecule has 0 aliphatic carbocycles. The van der Waals surface area contributed by atoms with Crippen LogP contribution in [-0.4, -0.2) is 32.5 Å². The molecule has 2 aromatic carbocycles. The van der Waals surface area contributed by atoms with Crippen molar-refractivity contribution < 1.29 is 22.7 Å². The Balaban J connectivity index is 1.63. The molecule has 0 aliphatic heterocycles. The van der Waals surface area contributed by atoms with E-state index < -0.39 is 10.0 Å². The van der Waals surface area contributed by atoms with E-state index in [0.29, 0.717) is 30.4 Å². The summed E-state index contributed by atoms with van der Waals surface area (Å²) in [4.78, 5) is 16.2. The number of hydrogen-bond acceptors (Lipinski definition) is 7. The number of carbonyl (C=O) groups is 1. The minimum absolute atomic E-state index is 0.0686. The third-order valence-corrected chi connectivity index (χ3v) is 6.25. The topological polar surface area (TPSA) is 107 Å². The molecule has 0 bridgehead atoms. The Hall–Kier alpha value is -3.37. The second-order valence-electron chi connectivity index (χ2n) is 6.36. The first-order valence-corrected chi connectivity index (χ1v) is 12.2. The maximum atomic E-state index is 12.4. The molecule has 2 N–H and O–H groups in total. The van der Waals surface area contributed by atoms with Crippen molar-refractivity contribution in [2.45, 2.75) is 18.7 Å². The third kappa shape index (κ3) is 6.32. The van der Waals surface area contributed by atoms with Crippen molar-refractivity contribution in [3.05, 3.63) is 65.7 Å². The Bertz CT molecular complexity index is 1170. The van der Waals surface area contributed by atoms with Crippen molar-refractivity contribution in [1.82, 2.24) is 4.98 Å². The van der Waals surface area contributed by atoms with Gasteiger partial charge in [-0.3, -0.25) is 9.52 Å². The fourth-order valence-electron chi connectivity index (χ4n) is 2.69. The number of hydrogen-bond donors (Lipinski definition) is 2. The van der Waals surface area contributed by atoms with E-state index in [9.17, 15) is 13.2 Å². The standard InChI is InChI=1S/C22H23N3O5S2/c1-3-29-19-11-5-16(15-20(19)30-4-2)6-12-21(26)24-17-7-9-18(10-8-17)32(27,28)25-22-23-13-14-31-22/h5-15H,3-4H2,1-2H3,(H,23,25)(H,24,26)/b12-6+. The van der Waals surface area contributed by atoms with E-state index in [-0.39, 0.29) is 15.9 Å². The van der Waals surface area contributed by atoms with E-state index in [2.05, 4.69) is 15.0 Å². The lowest BCUT2D eigenvalue weighted by Crippen LogP contribution is -2.13. The second-order valence-corrected chi connectivity index (χ2v) is 8.94. The van der Waals surface area contributed by atoms with Crippen molar-refractivity contribution in [1.29, 1.82) is 0 Å². The predicted octanol–water partition coefficient (Wildman–Crippen LogP) is 4.39. The number of anilines is 2. The number of nitrogens with one attached hydrogen (secondary N) is 2. The molecule has 0 atom stereocenters. The molecular formula is C22H23N3O5S2.